The summed E-state index contributed by atoms with van der Waals surface area (Å²) in [5.41, 5.74) is 6.94. The largest absolute Gasteiger partial charge is 0.384 e. The first kappa shape index (κ1) is 21.1. The molecule has 13 heteroatoms. The Morgan fingerprint density at radius 2 is 2.11 bits per heavy atom. The average Bonchev–Trinajstić information content (AvgIpc) is 3.63. The van der Waals surface area contributed by atoms with E-state index in [0.717, 1.165) is 0 Å². The van der Waals surface area contributed by atoms with Gasteiger partial charge in [-0.25, -0.2) is 14.4 Å². The number of tetrazole rings is 1. The smallest absolute Gasteiger partial charge is 0.247 e. The van der Waals surface area contributed by atoms with Gasteiger partial charge in [0.25, 0.3) is 0 Å². The second kappa shape index (κ2) is 8.48. The molecule has 1 amide bonds. The molecule has 2 aliphatic heterocycles. The van der Waals surface area contributed by atoms with Crippen molar-refractivity contribution in [3.63, 3.8) is 0 Å². The van der Waals surface area contributed by atoms with Gasteiger partial charge in [-0.1, -0.05) is 11.6 Å². The first-order chi connectivity index (χ1) is 17.8. The molecule has 1 fully saturated rings. The lowest BCUT2D eigenvalue weighted by molar-refractivity contribution is -0.129. The highest BCUT2D eigenvalue weighted by molar-refractivity contribution is 6.31. The number of anilines is 1. The van der Waals surface area contributed by atoms with E-state index in [9.17, 15) is 9.18 Å². The van der Waals surface area contributed by atoms with Crippen LogP contribution in [0.1, 0.15) is 38.1 Å². The van der Waals surface area contributed by atoms with Crippen molar-refractivity contribution in [1.29, 1.82) is 0 Å². The molecular weight excluding hydrogens is 492 g/mol. The number of nitrogens with zero attached hydrogens (tertiary/aromatic N) is 7. The minimum atomic E-state index is -0.823. The number of hydrogen-bond acceptors (Lipinski definition) is 7. The predicted octanol–water partition coefficient (Wildman–Crippen LogP) is 3.48. The molecule has 0 unspecified atom stereocenters. The van der Waals surface area contributed by atoms with Crippen molar-refractivity contribution in [2.75, 3.05) is 5.73 Å². The van der Waals surface area contributed by atoms with Crippen LogP contribution in [0.4, 0.5) is 14.6 Å². The Balaban J connectivity index is 1.33. The van der Waals surface area contributed by atoms with Crippen LogP contribution in [0.25, 0.3) is 22.5 Å². The Hall–Kier alpha value is -4.19. The number of fused-ring (bicyclic) bond motifs is 1. The lowest BCUT2D eigenvalue weighted by Crippen LogP contribution is -2.39. The maximum Gasteiger partial charge on any atom is 0.247 e. The zero-order chi connectivity index (χ0) is 25.8. The molecule has 4 aromatic rings. The number of benzene rings is 1. The summed E-state index contributed by atoms with van der Waals surface area (Å²) in [6.07, 6.45) is 5.83. The fraction of sp³-hybridized carbons (Fsp3) is 0.217. The molecule has 0 aliphatic carbocycles. The van der Waals surface area contributed by atoms with Gasteiger partial charge in [-0.3, -0.25) is 4.79 Å². The van der Waals surface area contributed by atoms with Crippen molar-refractivity contribution in [2.24, 2.45) is 0 Å². The fourth-order valence-corrected chi connectivity index (χ4v) is 5.10. The van der Waals surface area contributed by atoms with Crippen LogP contribution < -0.4 is 5.73 Å². The minimum absolute atomic E-state index is 0.0613. The van der Waals surface area contributed by atoms with Gasteiger partial charge in [-0.2, -0.15) is 9.07 Å². The summed E-state index contributed by atoms with van der Waals surface area (Å²) in [6, 6.07) is 3.59. The molecule has 1 aromatic carbocycles. The van der Waals surface area contributed by atoms with Crippen LogP contribution in [0, 0.1) is 11.8 Å². The maximum atomic E-state index is 15.2. The van der Waals surface area contributed by atoms with Gasteiger partial charge in [-0.15, -0.1) is 5.10 Å². The third-order valence-electron chi connectivity index (χ3n) is 6.51. The standard InChI is InChI=1S/C23H18ClF2N9O/c24-14-3-5-16(34-10-29-32-33-34)20(21(14)25)11-7-12-1-4-17(35(12)19(36)8-11)23-28-9-15(30-23)13-2-6-18(27)31-22(13)26/h2-3,5-6,8-10,12,17H,1,4,7H2,(H2,27,31)(H,28,30)/t12-,17+/m1/s1/i6D. The van der Waals surface area contributed by atoms with Gasteiger partial charge in [0.15, 0.2) is 5.82 Å². The number of amides is 1. The molecule has 2 aliphatic rings. The number of aromatic nitrogens is 7. The molecule has 5 heterocycles. The number of nitrogen functional groups attached to an aromatic ring is 1. The van der Waals surface area contributed by atoms with Crippen molar-refractivity contribution in [3.05, 3.63) is 71.0 Å². The lowest BCUT2D eigenvalue weighted by Gasteiger charge is -2.33. The Morgan fingerprint density at radius 1 is 1.25 bits per heavy atom. The first-order valence-corrected chi connectivity index (χ1v) is 11.4. The molecule has 2 atom stereocenters. The van der Waals surface area contributed by atoms with Crippen LogP contribution in [0.2, 0.25) is 5.02 Å². The normalized spacial score (nSPS) is 19.9. The van der Waals surface area contributed by atoms with Crippen LogP contribution in [0.3, 0.4) is 0 Å². The maximum absolute atomic E-state index is 15.2. The number of aromatic amines is 1. The van der Waals surface area contributed by atoms with E-state index in [1.165, 1.54) is 35.4 Å². The molecule has 3 N–H and O–H groups in total. The van der Waals surface area contributed by atoms with Crippen molar-refractivity contribution < 1.29 is 14.9 Å². The Labute approximate surface area is 209 Å². The Bertz CT molecular complexity index is 1570. The Morgan fingerprint density at radius 3 is 2.92 bits per heavy atom. The van der Waals surface area contributed by atoms with Gasteiger partial charge in [0, 0.05) is 17.7 Å². The molecule has 3 aromatic heterocycles. The second-order valence-corrected chi connectivity index (χ2v) is 8.96. The third kappa shape index (κ3) is 3.61. The molecule has 6 rings (SSSR count). The monoisotopic (exact) mass is 510 g/mol. The van der Waals surface area contributed by atoms with E-state index in [-0.39, 0.29) is 46.0 Å². The van der Waals surface area contributed by atoms with Crippen molar-refractivity contribution in [1.82, 2.24) is 40.1 Å². The molecule has 1 saturated heterocycles. The summed E-state index contributed by atoms with van der Waals surface area (Å²) in [5, 5.41) is 11.0. The number of imidazole rings is 1. The average molecular weight is 511 g/mol. The first-order valence-electron chi connectivity index (χ1n) is 11.5. The van der Waals surface area contributed by atoms with Crippen LogP contribution in [0.5, 0.6) is 0 Å². The number of rotatable bonds is 4. The molecule has 0 radical (unpaired) electrons. The van der Waals surface area contributed by atoms with E-state index in [0.29, 0.717) is 42.0 Å². The lowest BCUT2D eigenvalue weighted by atomic mass is 9.92. The molecule has 0 saturated carbocycles. The van der Waals surface area contributed by atoms with Gasteiger partial charge >= 0.3 is 0 Å². The molecule has 10 nitrogen and oxygen atoms in total. The van der Waals surface area contributed by atoms with E-state index in [4.69, 9.17) is 18.7 Å². The van der Waals surface area contributed by atoms with Crippen molar-refractivity contribution >= 4 is 28.9 Å². The molecule has 0 bridgehead atoms. The molecule has 0 spiro atoms. The highest BCUT2D eigenvalue weighted by atomic mass is 35.5. The molecule has 182 valence electrons. The highest BCUT2D eigenvalue weighted by Crippen LogP contribution is 2.44. The number of nitrogens with one attached hydrogen (secondary N) is 1. The summed E-state index contributed by atoms with van der Waals surface area (Å²) in [7, 11) is 0. The summed E-state index contributed by atoms with van der Waals surface area (Å²) in [6.45, 7) is 0. The second-order valence-electron chi connectivity index (χ2n) is 8.55. The third-order valence-corrected chi connectivity index (χ3v) is 6.80. The topological polar surface area (TPSA) is 132 Å². The van der Waals surface area contributed by atoms with Crippen LogP contribution in [-0.4, -0.2) is 52.0 Å². The summed E-state index contributed by atoms with van der Waals surface area (Å²) in [5.74, 6) is -1.51. The van der Waals surface area contributed by atoms with E-state index in [2.05, 4.69) is 30.5 Å². The number of carbonyl (C=O) groups excluding carboxylic acids is 1. The molecule has 36 heavy (non-hydrogen) atoms. The van der Waals surface area contributed by atoms with E-state index in [1.54, 1.807) is 11.0 Å². The summed E-state index contributed by atoms with van der Waals surface area (Å²) < 4.78 is 38.8. The van der Waals surface area contributed by atoms with Crippen LogP contribution in [0.15, 0.2) is 42.8 Å². The SMILES string of the molecule is [2H]c1cc(-c2cnc([C@@H]3CC[C@@H]4CC(c5c(-n6cnnn6)ccc(Cl)c5F)=CC(=O)N43)[nH]2)c(F)nc1N. The van der Waals surface area contributed by atoms with Gasteiger partial charge < -0.3 is 15.6 Å². The number of hydrogen-bond donors (Lipinski definition) is 2. The predicted molar refractivity (Wildman–Crippen MR) is 126 cm³/mol. The van der Waals surface area contributed by atoms with Crippen LogP contribution >= 0.6 is 11.6 Å². The van der Waals surface area contributed by atoms with Gasteiger partial charge in [-0.05, 0) is 59.5 Å². The Kier molecular flexibility index (Phi) is 4.98. The number of H-pyrrole nitrogens is 1. The summed E-state index contributed by atoms with van der Waals surface area (Å²) in [4.78, 5) is 26.1. The fourth-order valence-electron chi connectivity index (χ4n) is 4.94. The zero-order valence-electron chi connectivity index (χ0n) is 19.5. The van der Waals surface area contributed by atoms with E-state index < -0.39 is 11.8 Å². The van der Waals surface area contributed by atoms with E-state index >= 15 is 4.39 Å². The van der Waals surface area contributed by atoms with Crippen molar-refractivity contribution in [2.45, 2.75) is 31.3 Å². The zero-order valence-corrected chi connectivity index (χ0v) is 19.2. The van der Waals surface area contributed by atoms with Gasteiger partial charge in [0.1, 0.15) is 18.0 Å². The van der Waals surface area contributed by atoms with Gasteiger partial charge in [0.2, 0.25) is 11.9 Å². The number of pyridine rings is 1. The number of halogens is 3. The summed E-state index contributed by atoms with van der Waals surface area (Å²) >= 11 is 6.08. The quantitative estimate of drug-likeness (QED) is 0.402. The number of nitrogens with two attached hydrogens (primary N) is 1. The van der Waals surface area contributed by atoms with Gasteiger partial charge in [0.05, 0.1) is 35.6 Å². The van der Waals surface area contributed by atoms with E-state index in [1.807, 2.05) is 0 Å². The molecular formula is C23H18ClF2N9O. The van der Waals surface area contributed by atoms with Crippen LogP contribution in [-0.2, 0) is 4.79 Å². The van der Waals surface area contributed by atoms with Crippen molar-refractivity contribution in [3.8, 4) is 16.9 Å². The minimum Gasteiger partial charge on any atom is -0.384 e. The number of carbonyl (C=O) groups is 1. The highest BCUT2D eigenvalue weighted by Gasteiger charge is 2.42.